The largest absolute Gasteiger partial charge is 0.355 e. The van der Waals surface area contributed by atoms with Crippen LogP contribution in [0.3, 0.4) is 0 Å². The Hall–Kier alpha value is -2.94. The Morgan fingerprint density at radius 1 is 1.03 bits per heavy atom. The third-order valence-electron chi connectivity index (χ3n) is 5.08. The van der Waals surface area contributed by atoms with E-state index in [1.165, 1.54) is 22.3 Å². The van der Waals surface area contributed by atoms with Crippen molar-refractivity contribution in [3.8, 4) is 0 Å². The van der Waals surface area contributed by atoms with Gasteiger partial charge in [-0.25, -0.2) is 4.98 Å². The minimum absolute atomic E-state index is 0.120. The number of nitrogens with zero attached hydrogens (tertiary/aromatic N) is 2. The van der Waals surface area contributed by atoms with Crippen molar-refractivity contribution in [2.45, 2.75) is 32.7 Å². The van der Waals surface area contributed by atoms with Gasteiger partial charge in [-0.05, 0) is 44.0 Å². The summed E-state index contributed by atoms with van der Waals surface area (Å²) >= 11 is 13.2. The lowest BCUT2D eigenvalue weighted by atomic mass is 10.1. The van der Waals surface area contributed by atoms with Gasteiger partial charge in [0.05, 0.1) is 22.2 Å². The highest BCUT2D eigenvalue weighted by atomic mass is 35.5. The summed E-state index contributed by atoms with van der Waals surface area (Å²) in [6, 6.07) is 14.3. The van der Waals surface area contributed by atoms with Gasteiger partial charge in [0.2, 0.25) is 11.8 Å². The summed E-state index contributed by atoms with van der Waals surface area (Å²) in [6.07, 6.45) is 0.868. The van der Waals surface area contributed by atoms with Crippen molar-refractivity contribution in [3.63, 3.8) is 0 Å². The van der Waals surface area contributed by atoms with E-state index in [9.17, 15) is 14.4 Å². The van der Waals surface area contributed by atoms with Gasteiger partial charge in [0, 0.05) is 23.5 Å². The summed E-state index contributed by atoms with van der Waals surface area (Å²) in [4.78, 5) is 43.5. The van der Waals surface area contributed by atoms with Crippen molar-refractivity contribution in [2.75, 3.05) is 18.4 Å². The molecule has 0 radical (unpaired) electrons. The molecule has 3 rings (SSSR count). The van der Waals surface area contributed by atoms with Crippen molar-refractivity contribution in [3.05, 3.63) is 80.8 Å². The molecule has 0 bridgehead atoms. The summed E-state index contributed by atoms with van der Waals surface area (Å²) in [5.41, 5.74) is 2.06. The van der Waals surface area contributed by atoms with Crippen molar-refractivity contribution >= 4 is 57.4 Å². The van der Waals surface area contributed by atoms with Gasteiger partial charge in [0.1, 0.15) is 6.54 Å². The van der Waals surface area contributed by atoms with Crippen molar-refractivity contribution in [1.29, 1.82) is 0 Å². The number of hydrogen-bond donors (Lipinski definition) is 2. The first-order valence-corrected chi connectivity index (χ1v) is 12.7. The molecule has 0 fully saturated rings. The topological polar surface area (TPSA) is 91.4 Å². The number of halogens is 2. The van der Waals surface area contributed by atoms with E-state index in [-0.39, 0.29) is 41.8 Å². The Bertz CT molecular complexity index is 1180. The van der Waals surface area contributed by atoms with E-state index in [2.05, 4.69) is 15.6 Å². The molecule has 7 nitrogen and oxygen atoms in total. The van der Waals surface area contributed by atoms with E-state index in [0.29, 0.717) is 28.0 Å². The average Bonchev–Trinajstić information content (AvgIpc) is 3.25. The van der Waals surface area contributed by atoms with Crippen LogP contribution in [0.5, 0.6) is 0 Å². The normalized spacial score (nSPS) is 10.8. The first-order chi connectivity index (χ1) is 16.7. The molecular formula is C25H26Cl2N4O3S. The van der Waals surface area contributed by atoms with Crippen molar-refractivity contribution in [2.24, 2.45) is 0 Å². The van der Waals surface area contributed by atoms with E-state index >= 15 is 0 Å². The van der Waals surface area contributed by atoms with Gasteiger partial charge in [-0.1, -0.05) is 53.5 Å². The number of nitrogens with one attached hydrogen (secondary N) is 2. The SMILES string of the molecule is CC(C)N(CC(=O)Nc1nc(CC(=O)NCCc2ccccc2)cs1)C(=O)c1ccc(Cl)c(Cl)c1. The molecule has 3 amide bonds. The van der Waals surface area contributed by atoms with Crippen molar-refractivity contribution < 1.29 is 14.4 Å². The van der Waals surface area contributed by atoms with Crippen LogP contribution in [0.15, 0.2) is 53.9 Å². The highest BCUT2D eigenvalue weighted by Crippen LogP contribution is 2.24. The fourth-order valence-corrected chi connectivity index (χ4v) is 4.29. The molecule has 0 aliphatic carbocycles. The number of carbonyl (C=O) groups is 3. The summed E-state index contributed by atoms with van der Waals surface area (Å²) in [7, 11) is 0. The molecule has 0 saturated heterocycles. The van der Waals surface area contributed by atoms with E-state index < -0.39 is 0 Å². The number of carbonyl (C=O) groups excluding carboxylic acids is 3. The second-order valence-electron chi connectivity index (χ2n) is 8.11. The molecule has 2 aromatic carbocycles. The van der Waals surface area contributed by atoms with Crippen LogP contribution in [0.2, 0.25) is 10.0 Å². The van der Waals surface area contributed by atoms with Gasteiger partial charge in [-0.15, -0.1) is 11.3 Å². The number of rotatable bonds is 10. The van der Waals surface area contributed by atoms with Crippen LogP contribution in [0.4, 0.5) is 5.13 Å². The lowest BCUT2D eigenvalue weighted by Crippen LogP contribution is -2.42. The maximum Gasteiger partial charge on any atom is 0.254 e. The van der Waals surface area contributed by atoms with Crippen LogP contribution in [0.25, 0.3) is 0 Å². The van der Waals surface area contributed by atoms with Crippen molar-refractivity contribution in [1.82, 2.24) is 15.2 Å². The molecule has 0 aliphatic heterocycles. The number of hydrogen-bond acceptors (Lipinski definition) is 5. The molecule has 35 heavy (non-hydrogen) atoms. The molecule has 0 atom stereocenters. The Balaban J connectivity index is 1.51. The maximum absolute atomic E-state index is 12.9. The molecule has 0 saturated carbocycles. The van der Waals surface area contributed by atoms with Crippen LogP contribution < -0.4 is 10.6 Å². The van der Waals surface area contributed by atoms with Crippen LogP contribution in [-0.4, -0.2) is 46.7 Å². The molecule has 3 aromatic rings. The highest BCUT2D eigenvalue weighted by molar-refractivity contribution is 7.13. The average molecular weight is 533 g/mol. The zero-order valence-electron chi connectivity index (χ0n) is 19.4. The molecule has 1 aromatic heterocycles. The van der Waals surface area contributed by atoms with E-state index in [4.69, 9.17) is 23.2 Å². The molecular weight excluding hydrogens is 507 g/mol. The second kappa shape index (κ2) is 12.7. The molecule has 1 heterocycles. The van der Waals surface area contributed by atoms with E-state index in [0.717, 1.165) is 12.0 Å². The zero-order valence-corrected chi connectivity index (χ0v) is 21.7. The lowest BCUT2D eigenvalue weighted by Gasteiger charge is -2.26. The van der Waals surface area contributed by atoms with Gasteiger partial charge in [-0.3, -0.25) is 14.4 Å². The third-order valence-corrected chi connectivity index (χ3v) is 6.63. The second-order valence-corrected chi connectivity index (χ2v) is 9.78. The predicted octanol–water partition coefficient (Wildman–Crippen LogP) is 4.84. The minimum atomic E-state index is -0.389. The molecule has 0 spiro atoms. The van der Waals surface area contributed by atoms with Gasteiger partial charge in [0.25, 0.3) is 5.91 Å². The zero-order chi connectivity index (χ0) is 25.4. The fraction of sp³-hybridized carbons (Fsp3) is 0.280. The first-order valence-electron chi connectivity index (χ1n) is 11.0. The highest BCUT2D eigenvalue weighted by Gasteiger charge is 2.23. The van der Waals surface area contributed by atoms with E-state index in [1.54, 1.807) is 17.5 Å². The van der Waals surface area contributed by atoms with Crippen LogP contribution in [0, 0.1) is 0 Å². The van der Waals surface area contributed by atoms with Gasteiger partial charge >= 0.3 is 0 Å². The number of thiazole rings is 1. The Kier molecular flexibility index (Phi) is 9.65. The fourth-order valence-electron chi connectivity index (χ4n) is 3.26. The monoisotopic (exact) mass is 532 g/mol. The predicted molar refractivity (Wildman–Crippen MR) is 140 cm³/mol. The summed E-state index contributed by atoms with van der Waals surface area (Å²) < 4.78 is 0. The smallest absolute Gasteiger partial charge is 0.254 e. The van der Waals surface area contributed by atoms with Gasteiger partial charge in [0.15, 0.2) is 5.13 Å². The maximum atomic E-state index is 12.9. The van der Waals surface area contributed by atoms with Crippen LogP contribution in [-0.2, 0) is 22.4 Å². The molecule has 0 unspecified atom stereocenters. The minimum Gasteiger partial charge on any atom is -0.355 e. The molecule has 184 valence electrons. The number of aromatic nitrogens is 1. The molecule has 2 N–H and O–H groups in total. The number of amides is 3. The Morgan fingerprint density at radius 2 is 1.77 bits per heavy atom. The van der Waals surface area contributed by atoms with Gasteiger partial charge < -0.3 is 15.5 Å². The molecule has 10 heteroatoms. The lowest BCUT2D eigenvalue weighted by molar-refractivity contribution is -0.120. The quantitative estimate of drug-likeness (QED) is 0.390. The summed E-state index contributed by atoms with van der Waals surface area (Å²) in [5, 5.41) is 8.30. The Morgan fingerprint density at radius 3 is 2.46 bits per heavy atom. The standard InChI is InChI=1S/C25H26Cl2N4O3S/c1-16(2)31(24(34)18-8-9-20(26)21(27)12-18)14-23(33)30-25-29-19(15-35-25)13-22(32)28-11-10-17-6-4-3-5-7-17/h3-9,12,15-16H,10-11,13-14H2,1-2H3,(H,28,32)(H,29,30,33). The number of benzene rings is 2. The Labute approximate surface area is 218 Å². The van der Waals surface area contributed by atoms with Crippen LogP contribution >= 0.6 is 34.5 Å². The summed E-state index contributed by atoms with van der Waals surface area (Å²) in [5.74, 6) is -0.858. The summed E-state index contributed by atoms with van der Waals surface area (Å²) in [6.45, 7) is 4.02. The van der Waals surface area contributed by atoms with E-state index in [1.807, 2.05) is 44.2 Å². The first kappa shape index (κ1) is 26.7. The van der Waals surface area contributed by atoms with Crippen LogP contribution in [0.1, 0.15) is 35.5 Å². The third kappa shape index (κ3) is 8.06. The van der Waals surface area contributed by atoms with Gasteiger partial charge in [-0.2, -0.15) is 0 Å². The molecule has 0 aliphatic rings. The number of anilines is 1.